The summed E-state index contributed by atoms with van der Waals surface area (Å²) in [5.41, 5.74) is 13.1. The van der Waals surface area contributed by atoms with E-state index in [0.717, 1.165) is 11.1 Å². The van der Waals surface area contributed by atoms with Gasteiger partial charge in [0, 0.05) is 17.1 Å². The normalized spacial score (nSPS) is 12.1. The molecule has 0 aromatic heterocycles. The molecule has 1 atom stereocenters. The minimum atomic E-state index is -0.997. The lowest BCUT2D eigenvalue weighted by Crippen LogP contribution is -2.32. The molecular formula is C12H16N2O3S. The first-order valence-corrected chi connectivity index (χ1v) is 6.52. The molecule has 0 saturated heterocycles. The van der Waals surface area contributed by atoms with Crippen molar-refractivity contribution in [3.63, 3.8) is 0 Å². The van der Waals surface area contributed by atoms with Gasteiger partial charge in [-0.25, -0.2) is 0 Å². The van der Waals surface area contributed by atoms with Crippen LogP contribution in [-0.4, -0.2) is 28.8 Å². The zero-order valence-electron chi connectivity index (χ0n) is 10.1. The lowest BCUT2D eigenvalue weighted by atomic mass is 10.1. The number of rotatable bonds is 6. The van der Waals surface area contributed by atoms with E-state index in [2.05, 4.69) is 0 Å². The van der Waals surface area contributed by atoms with Crippen molar-refractivity contribution >= 4 is 23.6 Å². The molecule has 98 valence electrons. The van der Waals surface area contributed by atoms with Gasteiger partial charge in [-0.3, -0.25) is 9.59 Å². The van der Waals surface area contributed by atoms with Crippen LogP contribution in [0, 0.1) is 6.92 Å². The molecule has 0 bridgehead atoms. The number of hydrogen-bond donors (Lipinski definition) is 3. The molecule has 5 N–H and O–H groups in total. The largest absolute Gasteiger partial charge is 0.480 e. The topological polar surface area (TPSA) is 106 Å². The molecule has 1 aromatic rings. The Balaban J connectivity index is 2.58. The van der Waals surface area contributed by atoms with Gasteiger partial charge in [-0.1, -0.05) is 6.07 Å². The third kappa shape index (κ3) is 4.05. The molecule has 0 radical (unpaired) electrons. The highest BCUT2D eigenvalue weighted by Crippen LogP contribution is 2.18. The van der Waals surface area contributed by atoms with E-state index in [9.17, 15) is 9.59 Å². The van der Waals surface area contributed by atoms with Crippen LogP contribution in [-0.2, 0) is 10.5 Å². The fourth-order valence-electron chi connectivity index (χ4n) is 1.38. The van der Waals surface area contributed by atoms with Crippen molar-refractivity contribution in [1.82, 2.24) is 0 Å². The number of aliphatic carboxylic acids is 1. The summed E-state index contributed by atoms with van der Waals surface area (Å²) in [6.07, 6.45) is 0. The number of nitrogens with two attached hydrogens (primary N) is 2. The Morgan fingerprint density at radius 2 is 2.11 bits per heavy atom. The second kappa shape index (κ2) is 6.42. The number of carboxylic acid groups (broad SMARTS) is 1. The number of benzene rings is 1. The monoisotopic (exact) mass is 268 g/mol. The molecule has 1 rings (SSSR count). The smallest absolute Gasteiger partial charge is 0.321 e. The van der Waals surface area contributed by atoms with Crippen molar-refractivity contribution in [1.29, 1.82) is 0 Å². The average molecular weight is 268 g/mol. The summed E-state index contributed by atoms with van der Waals surface area (Å²) < 4.78 is 0. The van der Waals surface area contributed by atoms with E-state index < -0.39 is 17.9 Å². The number of primary amides is 1. The lowest BCUT2D eigenvalue weighted by Gasteiger charge is -2.09. The van der Waals surface area contributed by atoms with Gasteiger partial charge in [-0.2, -0.15) is 11.8 Å². The summed E-state index contributed by atoms with van der Waals surface area (Å²) in [5, 5.41) is 8.64. The predicted octanol–water partition coefficient (Wildman–Crippen LogP) is 0.739. The number of thioether (sulfide) groups is 1. The molecule has 1 unspecified atom stereocenters. The van der Waals surface area contributed by atoms with Gasteiger partial charge in [-0.15, -0.1) is 0 Å². The van der Waals surface area contributed by atoms with E-state index in [1.807, 2.05) is 13.0 Å². The van der Waals surface area contributed by atoms with E-state index in [1.165, 1.54) is 11.8 Å². The lowest BCUT2D eigenvalue weighted by molar-refractivity contribution is -0.137. The van der Waals surface area contributed by atoms with Gasteiger partial charge in [0.15, 0.2) is 0 Å². The molecule has 1 aromatic carbocycles. The summed E-state index contributed by atoms with van der Waals surface area (Å²) in [4.78, 5) is 21.5. The molecule has 6 heteroatoms. The molecule has 1 amide bonds. The first-order chi connectivity index (χ1) is 8.41. The molecular weight excluding hydrogens is 252 g/mol. The van der Waals surface area contributed by atoms with Crippen molar-refractivity contribution in [3.8, 4) is 0 Å². The number of carbonyl (C=O) groups excluding carboxylic acids is 1. The molecule has 5 nitrogen and oxygen atoms in total. The standard InChI is InChI=1S/C12H16N2O3S/c1-7-4-8(11(14)15)2-3-9(7)5-18-6-10(13)12(16)17/h2-4,10H,5-6,13H2,1H3,(H2,14,15)(H,16,17). The first kappa shape index (κ1) is 14.5. The van der Waals surface area contributed by atoms with Crippen molar-refractivity contribution < 1.29 is 14.7 Å². The second-order valence-electron chi connectivity index (χ2n) is 3.97. The van der Waals surface area contributed by atoms with Crippen LogP contribution in [0.15, 0.2) is 18.2 Å². The fourth-order valence-corrected chi connectivity index (χ4v) is 2.44. The molecule has 0 aliphatic rings. The fraction of sp³-hybridized carbons (Fsp3) is 0.333. The Bertz CT molecular complexity index is 463. The number of amides is 1. The highest BCUT2D eigenvalue weighted by molar-refractivity contribution is 7.98. The molecule has 0 aliphatic carbocycles. The van der Waals surface area contributed by atoms with E-state index in [1.54, 1.807) is 12.1 Å². The van der Waals surface area contributed by atoms with Gasteiger partial charge in [0.2, 0.25) is 5.91 Å². The summed E-state index contributed by atoms with van der Waals surface area (Å²) in [5.74, 6) is -0.438. The maximum absolute atomic E-state index is 11.0. The number of aryl methyl sites for hydroxylation is 1. The van der Waals surface area contributed by atoms with Gasteiger partial charge in [0.1, 0.15) is 6.04 Å². The minimum absolute atomic E-state index is 0.354. The van der Waals surface area contributed by atoms with Gasteiger partial charge in [0.05, 0.1) is 0 Å². The third-order valence-electron chi connectivity index (χ3n) is 2.50. The molecule has 0 spiro atoms. The van der Waals surface area contributed by atoms with Gasteiger partial charge >= 0.3 is 5.97 Å². The highest BCUT2D eigenvalue weighted by atomic mass is 32.2. The second-order valence-corrected chi connectivity index (χ2v) is 5.00. The zero-order valence-corrected chi connectivity index (χ0v) is 10.9. The van der Waals surface area contributed by atoms with E-state index in [0.29, 0.717) is 17.1 Å². The van der Waals surface area contributed by atoms with Gasteiger partial charge in [0.25, 0.3) is 0 Å². The number of hydrogen-bond acceptors (Lipinski definition) is 4. The van der Waals surface area contributed by atoms with Crippen molar-refractivity contribution in [2.75, 3.05) is 5.75 Å². The number of carbonyl (C=O) groups is 2. The molecule has 0 fully saturated rings. The van der Waals surface area contributed by atoms with Crippen LogP contribution in [0.5, 0.6) is 0 Å². The van der Waals surface area contributed by atoms with Crippen LogP contribution >= 0.6 is 11.8 Å². The highest BCUT2D eigenvalue weighted by Gasteiger charge is 2.11. The summed E-state index contributed by atoms with van der Waals surface area (Å²) in [6, 6.07) is 4.38. The van der Waals surface area contributed by atoms with E-state index in [4.69, 9.17) is 16.6 Å². The van der Waals surface area contributed by atoms with Crippen molar-refractivity contribution in [2.24, 2.45) is 11.5 Å². The Labute approximate surface area is 110 Å². The summed E-state index contributed by atoms with van der Waals surface area (Å²) in [7, 11) is 0. The van der Waals surface area contributed by atoms with Crippen LogP contribution in [0.4, 0.5) is 0 Å². The minimum Gasteiger partial charge on any atom is -0.480 e. The SMILES string of the molecule is Cc1cc(C(N)=O)ccc1CSCC(N)C(=O)O. The van der Waals surface area contributed by atoms with Crippen molar-refractivity contribution in [2.45, 2.75) is 18.7 Å². The Kier molecular flexibility index (Phi) is 5.18. The first-order valence-electron chi connectivity index (χ1n) is 5.37. The summed E-state index contributed by atoms with van der Waals surface area (Å²) >= 11 is 1.45. The Morgan fingerprint density at radius 3 is 2.61 bits per heavy atom. The van der Waals surface area contributed by atoms with Crippen LogP contribution in [0.1, 0.15) is 21.5 Å². The molecule has 0 heterocycles. The van der Waals surface area contributed by atoms with E-state index >= 15 is 0 Å². The predicted molar refractivity (Wildman–Crippen MR) is 71.5 cm³/mol. The van der Waals surface area contributed by atoms with Crippen molar-refractivity contribution in [3.05, 3.63) is 34.9 Å². The molecule has 0 aliphatic heterocycles. The van der Waals surface area contributed by atoms with Crippen LogP contribution in [0.25, 0.3) is 0 Å². The Hall–Kier alpha value is -1.53. The van der Waals surface area contributed by atoms with Crippen LogP contribution in [0.3, 0.4) is 0 Å². The average Bonchev–Trinajstić information content (AvgIpc) is 2.30. The number of carboxylic acids is 1. The quantitative estimate of drug-likeness (QED) is 0.705. The van der Waals surface area contributed by atoms with Gasteiger partial charge < -0.3 is 16.6 Å². The van der Waals surface area contributed by atoms with Crippen LogP contribution in [0.2, 0.25) is 0 Å². The van der Waals surface area contributed by atoms with Crippen LogP contribution < -0.4 is 11.5 Å². The van der Waals surface area contributed by atoms with Gasteiger partial charge in [-0.05, 0) is 30.2 Å². The molecule has 18 heavy (non-hydrogen) atoms. The summed E-state index contributed by atoms with van der Waals surface area (Å²) in [6.45, 7) is 1.89. The molecule has 0 saturated carbocycles. The van der Waals surface area contributed by atoms with E-state index in [-0.39, 0.29) is 0 Å². The maximum Gasteiger partial charge on any atom is 0.321 e. The zero-order chi connectivity index (χ0) is 13.7. The third-order valence-corrected chi connectivity index (χ3v) is 3.61. The maximum atomic E-state index is 11.0. The Morgan fingerprint density at radius 1 is 1.44 bits per heavy atom.